The monoisotopic (exact) mass is 324 g/mol. The standard InChI is InChI=1S/C20H24N2O2/c1-13(2)9-10-24-18-8-6-15(12-19(18)23-4)20-21-16-7-5-14(3)11-17(16)22-20/h5-8,11-13H,9-10H2,1-4H3,(H,21,22). The van der Waals surface area contributed by atoms with Crippen molar-refractivity contribution in [2.45, 2.75) is 27.2 Å². The highest BCUT2D eigenvalue weighted by atomic mass is 16.5. The molecule has 1 N–H and O–H groups in total. The van der Waals surface area contributed by atoms with Gasteiger partial charge in [-0.3, -0.25) is 0 Å². The molecule has 1 aromatic heterocycles. The summed E-state index contributed by atoms with van der Waals surface area (Å²) in [4.78, 5) is 8.04. The minimum Gasteiger partial charge on any atom is -0.493 e. The van der Waals surface area contributed by atoms with Gasteiger partial charge in [-0.15, -0.1) is 0 Å². The molecule has 0 atom stereocenters. The maximum absolute atomic E-state index is 5.85. The number of methoxy groups -OCH3 is 1. The normalized spacial score (nSPS) is 11.2. The van der Waals surface area contributed by atoms with E-state index in [4.69, 9.17) is 9.47 Å². The Morgan fingerprint density at radius 1 is 1.08 bits per heavy atom. The van der Waals surface area contributed by atoms with E-state index in [2.05, 4.69) is 42.9 Å². The number of rotatable bonds is 6. The number of aryl methyl sites for hydroxylation is 1. The first-order chi connectivity index (χ1) is 11.6. The van der Waals surface area contributed by atoms with Crippen molar-refractivity contribution in [1.29, 1.82) is 0 Å². The fraction of sp³-hybridized carbons (Fsp3) is 0.350. The zero-order valence-electron chi connectivity index (χ0n) is 14.7. The molecule has 3 rings (SSSR count). The minimum absolute atomic E-state index is 0.620. The van der Waals surface area contributed by atoms with Crippen molar-refractivity contribution in [2.75, 3.05) is 13.7 Å². The Kier molecular flexibility index (Phi) is 4.74. The summed E-state index contributed by atoms with van der Waals surface area (Å²) in [6, 6.07) is 12.1. The van der Waals surface area contributed by atoms with Crippen LogP contribution in [0.5, 0.6) is 11.5 Å². The third-order valence-electron chi connectivity index (χ3n) is 4.03. The summed E-state index contributed by atoms with van der Waals surface area (Å²) >= 11 is 0. The van der Waals surface area contributed by atoms with E-state index in [-0.39, 0.29) is 0 Å². The molecule has 0 aliphatic carbocycles. The van der Waals surface area contributed by atoms with E-state index in [0.717, 1.165) is 40.3 Å². The molecule has 0 saturated carbocycles. The first kappa shape index (κ1) is 16.4. The second-order valence-corrected chi connectivity index (χ2v) is 6.50. The summed E-state index contributed by atoms with van der Waals surface area (Å²) in [5.41, 5.74) is 4.20. The molecule has 4 heteroatoms. The van der Waals surface area contributed by atoms with Gasteiger partial charge in [0.2, 0.25) is 0 Å². The van der Waals surface area contributed by atoms with E-state index in [0.29, 0.717) is 12.5 Å². The van der Waals surface area contributed by atoms with Crippen molar-refractivity contribution >= 4 is 11.0 Å². The lowest BCUT2D eigenvalue weighted by Gasteiger charge is -2.12. The number of imidazole rings is 1. The predicted molar refractivity (Wildman–Crippen MR) is 97.8 cm³/mol. The molecule has 3 aromatic rings. The number of ether oxygens (including phenoxy) is 2. The van der Waals surface area contributed by atoms with Crippen LogP contribution in [-0.2, 0) is 0 Å². The molecule has 0 fully saturated rings. The van der Waals surface area contributed by atoms with E-state index in [1.807, 2.05) is 24.3 Å². The third-order valence-corrected chi connectivity index (χ3v) is 4.03. The van der Waals surface area contributed by atoms with Gasteiger partial charge in [0.15, 0.2) is 11.5 Å². The van der Waals surface area contributed by atoms with Crippen LogP contribution in [0.25, 0.3) is 22.4 Å². The molecule has 0 saturated heterocycles. The lowest BCUT2D eigenvalue weighted by atomic mass is 10.1. The smallest absolute Gasteiger partial charge is 0.161 e. The van der Waals surface area contributed by atoms with Crippen LogP contribution in [0.1, 0.15) is 25.8 Å². The summed E-state index contributed by atoms with van der Waals surface area (Å²) in [6.45, 7) is 7.14. The summed E-state index contributed by atoms with van der Waals surface area (Å²) in [7, 11) is 1.66. The maximum atomic E-state index is 5.85. The number of hydrogen-bond acceptors (Lipinski definition) is 3. The van der Waals surface area contributed by atoms with Gasteiger partial charge < -0.3 is 14.5 Å². The highest BCUT2D eigenvalue weighted by Crippen LogP contribution is 2.32. The Morgan fingerprint density at radius 2 is 1.92 bits per heavy atom. The molecular weight excluding hydrogens is 300 g/mol. The van der Waals surface area contributed by atoms with E-state index in [9.17, 15) is 0 Å². The molecule has 4 nitrogen and oxygen atoms in total. The maximum Gasteiger partial charge on any atom is 0.161 e. The number of hydrogen-bond donors (Lipinski definition) is 1. The molecule has 0 aliphatic rings. The number of benzene rings is 2. The summed E-state index contributed by atoms with van der Waals surface area (Å²) in [6.07, 6.45) is 1.02. The minimum atomic E-state index is 0.620. The molecule has 0 aliphatic heterocycles. The van der Waals surface area contributed by atoms with E-state index in [1.54, 1.807) is 7.11 Å². The first-order valence-electron chi connectivity index (χ1n) is 8.34. The number of fused-ring (bicyclic) bond motifs is 1. The lowest BCUT2D eigenvalue weighted by Crippen LogP contribution is -2.02. The van der Waals surface area contributed by atoms with Gasteiger partial charge in [0.25, 0.3) is 0 Å². The Hall–Kier alpha value is -2.49. The van der Waals surface area contributed by atoms with Crippen molar-refractivity contribution in [3.05, 3.63) is 42.0 Å². The Morgan fingerprint density at radius 3 is 2.67 bits per heavy atom. The largest absolute Gasteiger partial charge is 0.493 e. The topological polar surface area (TPSA) is 47.1 Å². The van der Waals surface area contributed by atoms with Gasteiger partial charge >= 0.3 is 0 Å². The van der Waals surface area contributed by atoms with E-state index >= 15 is 0 Å². The molecular formula is C20H24N2O2. The first-order valence-corrected chi connectivity index (χ1v) is 8.34. The molecule has 126 valence electrons. The SMILES string of the molecule is COc1cc(-c2nc3ccc(C)cc3[nH]2)ccc1OCCC(C)C. The average Bonchev–Trinajstić information content (AvgIpc) is 2.97. The van der Waals surface area contributed by atoms with Crippen LogP contribution in [0.2, 0.25) is 0 Å². The zero-order chi connectivity index (χ0) is 17.1. The van der Waals surface area contributed by atoms with Crippen LogP contribution in [0.4, 0.5) is 0 Å². The average molecular weight is 324 g/mol. The van der Waals surface area contributed by atoms with Gasteiger partial charge in [0.05, 0.1) is 24.8 Å². The van der Waals surface area contributed by atoms with E-state index in [1.165, 1.54) is 5.56 Å². The number of aromatic amines is 1. The molecule has 0 amide bonds. The van der Waals surface area contributed by atoms with Crippen molar-refractivity contribution in [3.8, 4) is 22.9 Å². The summed E-state index contributed by atoms with van der Waals surface area (Å²) in [5, 5.41) is 0. The van der Waals surface area contributed by atoms with Crippen LogP contribution in [-0.4, -0.2) is 23.7 Å². The predicted octanol–water partition coefficient (Wildman–Crippen LogP) is 4.97. The second-order valence-electron chi connectivity index (χ2n) is 6.50. The van der Waals surface area contributed by atoms with Crippen LogP contribution in [0.3, 0.4) is 0 Å². The molecule has 0 radical (unpaired) electrons. The molecule has 2 aromatic carbocycles. The highest BCUT2D eigenvalue weighted by Gasteiger charge is 2.11. The fourth-order valence-corrected chi connectivity index (χ4v) is 2.60. The molecule has 1 heterocycles. The molecule has 0 bridgehead atoms. The molecule has 24 heavy (non-hydrogen) atoms. The van der Waals surface area contributed by atoms with Gasteiger partial charge in [-0.05, 0) is 55.2 Å². The third kappa shape index (κ3) is 3.53. The van der Waals surface area contributed by atoms with Gasteiger partial charge in [-0.25, -0.2) is 4.98 Å². The van der Waals surface area contributed by atoms with Crippen LogP contribution >= 0.6 is 0 Å². The highest BCUT2D eigenvalue weighted by molar-refractivity contribution is 5.80. The van der Waals surface area contributed by atoms with Gasteiger partial charge in [0, 0.05) is 5.56 Å². The number of nitrogens with zero attached hydrogens (tertiary/aromatic N) is 1. The molecule has 0 unspecified atom stereocenters. The van der Waals surface area contributed by atoms with Crippen molar-refractivity contribution in [3.63, 3.8) is 0 Å². The van der Waals surface area contributed by atoms with Gasteiger partial charge in [-0.2, -0.15) is 0 Å². The Labute approximate surface area is 142 Å². The van der Waals surface area contributed by atoms with Gasteiger partial charge in [0.1, 0.15) is 5.82 Å². The van der Waals surface area contributed by atoms with Gasteiger partial charge in [-0.1, -0.05) is 19.9 Å². The van der Waals surface area contributed by atoms with Crippen LogP contribution in [0.15, 0.2) is 36.4 Å². The summed E-state index contributed by atoms with van der Waals surface area (Å²) in [5.74, 6) is 2.96. The summed E-state index contributed by atoms with van der Waals surface area (Å²) < 4.78 is 11.3. The van der Waals surface area contributed by atoms with Crippen LogP contribution < -0.4 is 9.47 Å². The van der Waals surface area contributed by atoms with Crippen molar-refractivity contribution in [1.82, 2.24) is 9.97 Å². The molecule has 0 spiro atoms. The fourth-order valence-electron chi connectivity index (χ4n) is 2.60. The second kappa shape index (κ2) is 6.95. The number of H-pyrrole nitrogens is 1. The zero-order valence-corrected chi connectivity index (χ0v) is 14.7. The van der Waals surface area contributed by atoms with E-state index < -0.39 is 0 Å². The van der Waals surface area contributed by atoms with Crippen molar-refractivity contribution in [2.24, 2.45) is 5.92 Å². The number of aromatic nitrogens is 2. The lowest BCUT2D eigenvalue weighted by molar-refractivity contribution is 0.273. The van der Waals surface area contributed by atoms with Crippen molar-refractivity contribution < 1.29 is 9.47 Å². The number of nitrogens with one attached hydrogen (secondary N) is 1. The Bertz CT molecular complexity index is 837. The van der Waals surface area contributed by atoms with Crippen LogP contribution in [0, 0.1) is 12.8 Å². The Balaban J connectivity index is 1.87. The quantitative estimate of drug-likeness (QED) is 0.696.